The molecule has 1 N–H and O–H groups in total. The monoisotopic (exact) mass is 286 g/mol. The second-order valence-electron chi connectivity index (χ2n) is 3.40. The normalized spacial score (nSPS) is 10.0. The lowest BCUT2D eigenvalue weighted by Gasteiger charge is -2.12. The topological polar surface area (TPSA) is 63.6 Å². The van der Waals surface area contributed by atoms with Crippen LogP contribution >= 0.6 is 15.9 Å². The van der Waals surface area contributed by atoms with Gasteiger partial charge in [0.15, 0.2) is 0 Å². The summed E-state index contributed by atoms with van der Waals surface area (Å²) < 4.78 is 5.59. The van der Waals surface area contributed by atoms with Gasteiger partial charge in [-0.1, -0.05) is 15.9 Å². The number of halogens is 1. The van der Waals surface area contributed by atoms with Crippen molar-refractivity contribution in [3.05, 3.63) is 27.2 Å². The van der Waals surface area contributed by atoms with Gasteiger partial charge in [0.2, 0.25) is 0 Å². The van der Waals surface area contributed by atoms with Gasteiger partial charge in [-0.05, 0) is 31.0 Å². The number of carbonyl (C=O) groups excluding carboxylic acids is 1. The second kappa shape index (κ2) is 4.65. The maximum Gasteiger partial charge on any atom is 0.339 e. The predicted octanol–water partition coefficient (Wildman–Crippen LogP) is 2.69. The average molecular weight is 287 g/mol. The summed E-state index contributed by atoms with van der Waals surface area (Å²) in [4.78, 5) is 21.9. The summed E-state index contributed by atoms with van der Waals surface area (Å²) in [6.07, 6.45) is 0. The summed E-state index contributed by atoms with van der Waals surface area (Å²) in [7, 11) is 0. The van der Waals surface area contributed by atoms with Crippen molar-refractivity contribution in [1.82, 2.24) is 0 Å². The largest absolute Gasteiger partial charge is 0.478 e. The summed E-state index contributed by atoms with van der Waals surface area (Å²) in [5, 5.41) is 9.06. The molecular weight excluding hydrogens is 276 g/mol. The van der Waals surface area contributed by atoms with Crippen molar-refractivity contribution in [2.75, 3.05) is 0 Å². The molecule has 1 aromatic rings. The highest BCUT2D eigenvalue weighted by Crippen LogP contribution is 2.32. The van der Waals surface area contributed by atoms with E-state index in [0.29, 0.717) is 10.0 Å². The SMILES string of the molecule is CC(=O)Oc1cc(C)c(Br)c(C)c1C(=O)O. The van der Waals surface area contributed by atoms with Crippen molar-refractivity contribution < 1.29 is 19.4 Å². The molecule has 0 radical (unpaired) electrons. The number of hydrogen-bond acceptors (Lipinski definition) is 3. The van der Waals surface area contributed by atoms with Crippen LogP contribution in [0.25, 0.3) is 0 Å². The molecular formula is C11H11BrO4. The highest BCUT2D eigenvalue weighted by Gasteiger charge is 2.19. The van der Waals surface area contributed by atoms with Crippen LogP contribution in [0.4, 0.5) is 0 Å². The molecule has 0 heterocycles. The zero-order chi connectivity index (χ0) is 12.5. The van der Waals surface area contributed by atoms with Gasteiger partial charge in [0, 0.05) is 11.4 Å². The third kappa shape index (κ3) is 2.41. The molecule has 5 heteroatoms. The molecule has 1 aromatic carbocycles. The summed E-state index contributed by atoms with van der Waals surface area (Å²) >= 11 is 3.29. The van der Waals surface area contributed by atoms with Gasteiger partial charge in [0.05, 0.1) is 0 Å². The van der Waals surface area contributed by atoms with Crippen LogP contribution in [0, 0.1) is 13.8 Å². The van der Waals surface area contributed by atoms with Gasteiger partial charge in [-0.3, -0.25) is 4.79 Å². The Bertz CT molecular complexity index is 466. The first-order valence-electron chi connectivity index (χ1n) is 4.56. The van der Waals surface area contributed by atoms with E-state index in [1.54, 1.807) is 13.8 Å². The lowest BCUT2D eigenvalue weighted by molar-refractivity contribution is -0.131. The molecule has 4 nitrogen and oxygen atoms in total. The minimum Gasteiger partial charge on any atom is -0.478 e. The van der Waals surface area contributed by atoms with E-state index in [0.717, 1.165) is 5.56 Å². The predicted molar refractivity (Wildman–Crippen MR) is 61.9 cm³/mol. The molecule has 0 saturated carbocycles. The van der Waals surface area contributed by atoms with Crippen LogP contribution < -0.4 is 4.74 Å². The van der Waals surface area contributed by atoms with Gasteiger partial charge in [0.25, 0.3) is 0 Å². The Balaban J connectivity index is 3.46. The van der Waals surface area contributed by atoms with Gasteiger partial charge in [0.1, 0.15) is 11.3 Å². The van der Waals surface area contributed by atoms with Crippen LogP contribution in [0.1, 0.15) is 28.4 Å². The maximum atomic E-state index is 11.1. The van der Waals surface area contributed by atoms with E-state index in [4.69, 9.17) is 9.84 Å². The van der Waals surface area contributed by atoms with Gasteiger partial charge in [-0.15, -0.1) is 0 Å². The molecule has 0 aliphatic rings. The first-order valence-corrected chi connectivity index (χ1v) is 5.35. The number of aryl methyl sites for hydroxylation is 1. The highest BCUT2D eigenvalue weighted by atomic mass is 79.9. The lowest BCUT2D eigenvalue weighted by atomic mass is 10.0. The number of benzene rings is 1. The van der Waals surface area contributed by atoms with Gasteiger partial charge in [-0.2, -0.15) is 0 Å². The second-order valence-corrected chi connectivity index (χ2v) is 4.20. The maximum absolute atomic E-state index is 11.1. The van der Waals surface area contributed by atoms with Gasteiger partial charge < -0.3 is 9.84 Å². The molecule has 0 atom stereocenters. The Labute approximate surface area is 101 Å². The van der Waals surface area contributed by atoms with Crippen molar-refractivity contribution in [3.63, 3.8) is 0 Å². The molecule has 16 heavy (non-hydrogen) atoms. The number of rotatable bonds is 2. The third-order valence-corrected chi connectivity index (χ3v) is 3.33. The highest BCUT2D eigenvalue weighted by molar-refractivity contribution is 9.10. The molecule has 86 valence electrons. The molecule has 0 aliphatic carbocycles. The Hall–Kier alpha value is -1.36. The average Bonchev–Trinajstić information content (AvgIpc) is 2.12. The molecule has 0 amide bonds. The Morgan fingerprint density at radius 3 is 2.38 bits per heavy atom. The quantitative estimate of drug-likeness (QED) is 0.671. The Kier molecular flexibility index (Phi) is 3.70. The Morgan fingerprint density at radius 2 is 1.94 bits per heavy atom. The number of carbonyl (C=O) groups is 2. The van der Waals surface area contributed by atoms with Crippen LogP contribution in [-0.4, -0.2) is 17.0 Å². The summed E-state index contributed by atoms with van der Waals surface area (Å²) in [6.45, 7) is 4.70. The fourth-order valence-electron chi connectivity index (χ4n) is 1.42. The number of carboxylic acid groups (broad SMARTS) is 1. The molecule has 0 aromatic heterocycles. The molecule has 1 rings (SSSR count). The van der Waals surface area contributed by atoms with Crippen molar-refractivity contribution in [1.29, 1.82) is 0 Å². The smallest absolute Gasteiger partial charge is 0.339 e. The Morgan fingerprint density at radius 1 is 1.38 bits per heavy atom. The van der Waals surface area contributed by atoms with E-state index in [-0.39, 0.29) is 11.3 Å². The van der Waals surface area contributed by atoms with E-state index in [2.05, 4.69) is 15.9 Å². The molecule has 0 spiro atoms. The fourth-order valence-corrected chi connectivity index (χ4v) is 1.74. The number of ether oxygens (including phenoxy) is 1. The van der Waals surface area contributed by atoms with Crippen molar-refractivity contribution in [2.24, 2.45) is 0 Å². The number of carboxylic acids is 1. The van der Waals surface area contributed by atoms with Crippen molar-refractivity contribution in [2.45, 2.75) is 20.8 Å². The zero-order valence-corrected chi connectivity index (χ0v) is 10.7. The van der Waals surface area contributed by atoms with Crippen LogP contribution in [0.15, 0.2) is 10.5 Å². The number of esters is 1. The van der Waals surface area contributed by atoms with E-state index < -0.39 is 11.9 Å². The van der Waals surface area contributed by atoms with Crippen LogP contribution in [0.2, 0.25) is 0 Å². The first-order chi connectivity index (χ1) is 7.34. The number of aromatic carboxylic acids is 1. The summed E-state index contributed by atoms with van der Waals surface area (Å²) in [5.74, 6) is -1.57. The van der Waals surface area contributed by atoms with Crippen LogP contribution in [0.3, 0.4) is 0 Å². The standard InChI is InChI=1S/C11H11BrO4/c1-5-4-8(16-7(3)13)9(11(14)15)6(2)10(5)12/h4H,1-3H3,(H,14,15). The number of hydrogen-bond donors (Lipinski definition) is 1. The summed E-state index contributed by atoms with van der Waals surface area (Å²) in [5.41, 5.74) is 1.37. The van der Waals surface area contributed by atoms with Gasteiger partial charge in [-0.25, -0.2) is 4.79 Å². The molecule has 0 aliphatic heterocycles. The van der Waals surface area contributed by atoms with Gasteiger partial charge >= 0.3 is 11.9 Å². The fraction of sp³-hybridized carbons (Fsp3) is 0.273. The minimum atomic E-state index is -1.12. The lowest BCUT2D eigenvalue weighted by Crippen LogP contribution is -2.10. The van der Waals surface area contributed by atoms with Crippen LogP contribution in [-0.2, 0) is 4.79 Å². The molecule has 0 unspecified atom stereocenters. The minimum absolute atomic E-state index is 0.00711. The van der Waals surface area contributed by atoms with E-state index in [9.17, 15) is 9.59 Å². The molecule has 0 saturated heterocycles. The van der Waals surface area contributed by atoms with E-state index >= 15 is 0 Å². The molecule has 0 fully saturated rings. The third-order valence-electron chi connectivity index (χ3n) is 2.11. The van der Waals surface area contributed by atoms with Crippen molar-refractivity contribution in [3.8, 4) is 5.75 Å². The zero-order valence-electron chi connectivity index (χ0n) is 9.13. The summed E-state index contributed by atoms with van der Waals surface area (Å²) in [6, 6.07) is 1.53. The van der Waals surface area contributed by atoms with Crippen LogP contribution in [0.5, 0.6) is 5.75 Å². The van der Waals surface area contributed by atoms with E-state index in [1.165, 1.54) is 13.0 Å². The van der Waals surface area contributed by atoms with Crippen molar-refractivity contribution >= 4 is 27.9 Å². The molecule has 0 bridgehead atoms. The first kappa shape index (κ1) is 12.7. The van der Waals surface area contributed by atoms with E-state index in [1.807, 2.05) is 0 Å².